The van der Waals surface area contributed by atoms with Crippen LogP contribution in [0, 0.1) is 5.82 Å². The molecule has 1 unspecified atom stereocenters. The topological polar surface area (TPSA) is 52.7 Å². The highest BCUT2D eigenvalue weighted by molar-refractivity contribution is 5.46. The number of phenolic OH excluding ortho intramolecular Hbond substituents is 1. The fourth-order valence-electron chi connectivity index (χ4n) is 3.14. The third-order valence-electron chi connectivity index (χ3n) is 4.45. The van der Waals surface area contributed by atoms with E-state index in [2.05, 4.69) is 9.80 Å². The molecule has 1 aliphatic rings. The number of rotatable bonds is 4. The molecule has 1 saturated heterocycles. The maximum Gasteiger partial charge on any atom is 0.123 e. The van der Waals surface area contributed by atoms with Gasteiger partial charge in [0.1, 0.15) is 11.6 Å². The highest BCUT2D eigenvalue weighted by Crippen LogP contribution is 2.25. The monoisotopic (exact) mass is 315 g/mol. The minimum Gasteiger partial charge on any atom is -0.508 e. The summed E-state index contributed by atoms with van der Waals surface area (Å²) in [7, 11) is 0. The smallest absolute Gasteiger partial charge is 0.123 e. The van der Waals surface area contributed by atoms with Crippen LogP contribution in [0.5, 0.6) is 5.75 Å². The van der Waals surface area contributed by atoms with E-state index in [0.29, 0.717) is 6.54 Å². The van der Waals surface area contributed by atoms with Gasteiger partial charge in [0.2, 0.25) is 0 Å². The number of benzene rings is 2. The van der Waals surface area contributed by atoms with Gasteiger partial charge in [0.15, 0.2) is 0 Å². The third-order valence-corrected chi connectivity index (χ3v) is 4.45. The average Bonchev–Trinajstić information content (AvgIpc) is 2.59. The van der Waals surface area contributed by atoms with Gasteiger partial charge in [-0.15, -0.1) is 0 Å². The molecule has 23 heavy (non-hydrogen) atoms. The molecule has 0 aliphatic carbocycles. The highest BCUT2D eigenvalue weighted by Gasteiger charge is 2.24. The Kier molecular flexibility index (Phi) is 4.79. The van der Waals surface area contributed by atoms with Crippen molar-refractivity contribution >= 4 is 5.69 Å². The van der Waals surface area contributed by atoms with E-state index in [9.17, 15) is 9.50 Å². The lowest BCUT2D eigenvalue weighted by atomic mass is 10.0. The maximum absolute atomic E-state index is 13.0. The van der Waals surface area contributed by atoms with Crippen molar-refractivity contribution in [2.75, 3.05) is 37.6 Å². The van der Waals surface area contributed by atoms with Gasteiger partial charge in [0.05, 0.1) is 0 Å². The van der Waals surface area contributed by atoms with E-state index in [0.717, 1.165) is 37.4 Å². The van der Waals surface area contributed by atoms with Crippen LogP contribution in [0.15, 0.2) is 48.5 Å². The number of hydrogen-bond acceptors (Lipinski definition) is 4. The van der Waals surface area contributed by atoms with Gasteiger partial charge in [0.25, 0.3) is 0 Å². The van der Waals surface area contributed by atoms with Crippen molar-refractivity contribution in [3.8, 4) is 5.75 Å². The second-order valence-corrected chi connectivity index (χ2v) is 5.84. The van der Waals surface area contributed by atoms with Crippen molar-refractivity contribution in [2.45, 2.75) is 6.04 Å². The predicted molar refractivity (Wildman–Crippen MR) is 90.1 cm³/mol. The zero-order valence-electron chi connectivity index (χ0n) is 13.0. The lowest BCUT2D eigenvalue weighted by Crippen LogP contribution is -2.49. The number of nitrogens with two attached hydrogens (primary N) is 1. The van der Waals surface area contributed by atoms with Crippen molar-refractivity contribution in [1.82, 2.24) is 4.90 Å². The van der Waals surface area contributed by atoms with Gasteiger partial charge >= 0.3 is 0 Å². The molecule has 1 heterocycles. The molecule has 0 spiro atoms. The van der Waals surface area contributed by atoms with E-state index < -0.39 is 0 Å². The quantitative estimate of drug-likeness (QED) is 0.909. The Morgan fingerprint density at radius 2 is 1.57 bits per heavy atom. The summed E-state index contributed by atoms with van der Waals surface area (Å²) in [4.78, 5) is 4.63. The van der Waals surface area contributed by atoms with Gasteiger partial charge < -0.3 is 15.7 Å². The van der Waals surface area contributed by atoms with E-state index in [4.69, 9.17) is 5.73 Å². The summed E-state index contributed by atoms with van der Waals surface area (Å²) in [6.07, 6.45) is 0. The Hall–Kier alpha value is -2.11. The Bertz CT molecular complexity index is 622. The number of anilines is 1. The molecule has 0 amide bonds. The van der Waals surface area contributed by atoms with Crippen LogP contribution in [0.2, 0.25) is 0 Å². The van der Waals surface area contributed by atoms with Crippen molar-refractivity contribution < 1.29 is 9.50 Å². The van der Waals surface area contributed by atoms with Gasteiger partial charge in [-0.25, -0.2) is 4.39 Å². The number of nitrogens with zero attached hydrogens (tertiary/aromatic N) is 2. The van der Waals surface area contributed by atoms with Crippen LogP contribution in [0.25, 0.3) is 0 Å². The van der Waals surface area contributed by atoms with Crippen LogP contribution in [0.3, 0.4) is 0 Å². The molecule has 0 aromatic heterocycles. The molecule has 1 aliphatic heterocycles. The molecule has 1 fully saturated rings. The van der Waals surface area contributed by atoms with Crippen molar-refractivity contribution in [1.29, 1.82) is 0 Å². The zero-order valence-corrected chi connectivity index (χ0v) is 13.0. The van der Waals surface area contributed by atoms with Crippen molar-refractivity contribution in [3.63, 3.8) is 0 Å². The number of phenols is 1. The summed E-state index contributed by atoms with van der Waals surface area (Å²) in [5.41, 5.74) is 8.16. The Labute approximate surface area is 135 Å². The molecule has 2 aromatic carbocycles. The summed E-state index contributed by atoms with van der Waals surface area (Å²) < 4.78 is 13.0. The summed E-state index contributed by atoms with van der Waals surface area (Å²) in [5, 5.41) is 9.42. The fraction of sp³-hybridized carbons (Fsp3) is 0.333. The largest absolute Gasteiger partial charge is 0.508 e. The van der Waals surface area contributed by atoms with E-state index in [1.165, 1.54) is 12.1 Å². The van der Waals surface area contributed by atoms with Crippen LogP contribution >= 0.6 is 0 Å². The standard InChI is InChI=1S/C18H22FN3O/c19-15-3-5-16(6-4-15)21-9-11-22(12-10-21)18(13-20)14-1-7-17(23)8-2-14/h1-8,18,23H,9-13,20H2. The second-order valence-electron chi connectivity index (χ2n) is 5.84. The molecule has 0 saturated carbocycles. The Balaban J connectivity index is 1.65. The lowest BCUT2D eigenvalue weighted by molar-refractivity contribution is 0.190. The molecule has 0 bridgehead atoms. The number of hydrogen-bond donors (Lipinski definition) is 2. The Morgan fingerprint density at radius 1 is 0.957 bits per heavy atom. The van der Waals surface area contributed by atoms with E-state index in [1.807, 2.05) is 24.3 Å². The first kappa shape index (κ1) is 15.8. The van der Waals surface area contributed by atoms with Crippen LogP contribution in [-0.2, 0) is 0 Å². The number of aromatic hydroxyl groups is 1. The van der Waals surface area contributed by atoms with Crippen molar-refractivity contribution in [2.24, 2.45) is 5.73 Å². The Morgan fingerprint density at radius 3 is 2.13 bits per heavy atom. The molecule has 2 aromatic rings. The number of piperazine rings is 1. The molecule has 1 atom stereocenters. The van der Waals surface area contributed by atoms with Gasteiger partial charge in [-0.3, -0.25) is 4.90 Å². The van der Waals surface area contributed by atoms with Crippen molar-refractivity contribution in [3.05, 3.63) is 59.9 Å². The van der Waals surface area contributed by atoms with E-state index >= 15 is 0 Å². The van der Waals surface area contributed by atoms with Gasteiger partial charge in [-0.05, 0) is 42.0 Å². The second kappa shape index (κ2) is 6.98. The summed E-state index contributed by atoms with van der Waals surface area (Å²) in [6, 6.07) is 14.1. The molecular weight excluding hydrogens is 293 g/mol. The molecule has 5 heteroatoms. The number of halogens is 1. The zero-order chi connectivity index (χ0) is 16.2. The molecule has 4 nitrogen and oxygen atoms in total. The van der Waals surface area contributed by atoms with Gasteiger partial charge in [-0.1, -0.05) is 12.1 Å². The summed E-state index contributed by atoms with van der Waals surface area (Å²) in [6.45, 7) is 4.13. The fourth-order valence-corrected chi connectivity index (χ4v) is 3.14. The third kappa shape index (κ3) is 3.63. The molecule has 122 valence electrons. The minimum absolute atomic E-state index is 0.158. The average molecular weight is 315 g/mol. The van der Waals surface area contributed by atoms with Gasteiger partial charge in [0, 0.05) is 44.5 Å². The van der Waals surface area contributed by atoms with Crippen LogP contribution in [-0.4, -0.2) is 42.7 Å². The predicted octanol–water partition coefficient (Wildman–Crippen LogP) is 2.35. The maximum atomic E-state index is 13.0. The molecular formula is C18H22FN3O. The minimum atomic E-state index is -0.206. The summed E-state index contributed by atoms with van der Waals surface area (Å²) >= 11 is 0. The molecule has 3 rings (SSSR count). The van der Waals surface area contributed by atoms with E-state index in [1.54, 1.807) is 12.1 Å². The normalized spacial score (nSPS) is 17.2. The first-order valence-corrected chi connectivity index (χ1v) is 7.91. The SMILES string of the molecule is NCC(c1ccc(O)cc1)N1CCN(c2ccc(F)cc2)CC1. The van der Waals surface area contributed by atoms with Gasteiger partial charge in [-0.2, -0.15) is 0 Å². The van der Waals surface area contributed by atoms with Crippen LogP contribution < -0.4 is 10.6 Å². The first-order valence-electron chi connectivity index (χ1n) is 7.91. The van der Waals surface area contributed by atoms with Crippen LogP contribution in [0.4, 0.5) is 10.1 Å². The molecule has 0 radical (unpaired) electrons. The van der Waals surface area contributed by atoms with E-state index in [-0.39, 0.29) is 17.6 Å². The first-order chi connectivity index (χ1) is 11.2. The summed E-state index contributed by atoms with van der Waals surface area (Å²) in [5.74, 6) is 0.0635. The molecule has 3 N–H and O–H groups in total. The highest BCUT2D eigenvalue weighted by atomic mass is 19.1. The lowest BCUT2D eigenvalue weighted by Gasteiger charge is -2.40. The van der Waals surface area contributed by atoms with Crippen LogP contribution in [0.1, 0.15) is 11.6 Å².